The summed E-state index contributed by atoms with van der Waals surface area (Å²) in [5.41, 5.74) is 3.86. The maximum absolute atomic E-state index is 12.3. The van der Waals surface area contributed by atoms with Gasteiger partial charge < -0.3 is 24.7 Å². The number of nitrogens with zero attached hydrogens (tertiary/aromatic N) is 2. The molecule has 1 aromatic carbocycles. The summed E-state index contributed by atoms with van der Waals surface area (Å²) in [7, 11) is 6.18. The van der Waals surface area contributed by atoms with Crippen LogP contribution in [0.5, 0.6) is 23.1 Å². The summed E-state index contributed by atoms with van der Waals surface area (Å²) in [6.07, 6.45) is 0.381. The lowest BCUT2D eigenvalue weighted by atomic mass is 9.99. The molecular weight excluding hydrogens is 372 g/mol. The highest BCUT2D eigenvalue weighted by Crippen LogP contribution is 2.41. The lowest BCUT2D eigenvalue weighted by molar-refractivity contribution is 0.323. The molecule has 2 aromatic rings. The summed E-state index contributed by atoms with van der Waals surface area (Å²) in [6, 6.07) is 3.39. The van der Waals surface area contributed by atoms with Gasteiger partial charge in [-0.15, -0.1) is 0 Å². The van der Waals surface area contributed by atoms with Gasteiger partial charge in [-0.1, -0.05) is 0 Å². The molecule has 0 spiro atoms. The molecule has 0 amide bonds. The molecule has 0 radical (unpaired) electrons. The monoisotopic (exact) mass is 392 g/mol. The number of H-pyrrole nitrogens is 1. The quantitative estimate of drug-likeness (QED) is 0.663. The molecule has 144 valence electrons. The first kappa shape index (κ1) is 18.8. The molecule has 27 heavy (non-hydrogen) atoms. The predicted octanol–water partition coefficient (Wildman–Crippen LogP) is 1.61. The van der Waals surface area contributed by atoms with Gasteiger partial charge in [-0.05, 0) is 29.9 Å². The number of ether oxygens (including phenoxy) is 3. The minimum absolute atomic E-state index is 0.0912. The number of aromatic amines is 1. The topological polar surface area (TPSA) is 110 Å². The van der Waals surface area contributed by atoms with E-state index in [0.29, 0.717) is 29.4 Å². The van der Waals surface area contributed by atoms with E-state index in [2.05, 4.69) is 15.5 Å². The first-order valence-electron chi connectivity index (χ1n) is 8.05. The van der Waals surface area contributed by atoms with Gasteiger partial charge in [-0.3, -0.25) is 14.3 Å². The van der Waals surface area contributed by atoms with Crippen molar-refractivity contribution < 1.29 is 19.3 Å². The van der Waals surface area contributed by atoms with Crippen molar-refractivity contribution >= 4 is 17.9 Å². The Labute approximate surface area is 160 Å². The Morgan fingerprint density at radius 3 is 2.41 bits per heavy atom. The van der Waals surface area contributed by atoms with Crippen LogP contribution in [-0.2, 0) is 7.05 Å². The number of benzene rings is 1. The van der Waals surface area contributed by atoms with Crippen LogP contribution >= 0.6 is 12.2 Å². The summed E-state index contributed by atoms with van der Waals surface area (Å²) in [4.78, 5) is 14.8. The van der Waals surface area contributed by atoms with Gasteiger partial charge in [0.05, 0.1) is 33.1 Å². The molecule has 0 unspecified atom stereocenters. The van der Waals surface area contributed by atoms with Crippen LogP contribution in [0.15, 0.2) is 22.0 Å². The van der Waals surface area contributed by atoms with E-state index in [1.165, 1.54) is 11.7 Å². The summed E-state index contributed by atoms with van der Waals surface area (Å²) < 4.78 is 17.5. The van der Waals surface area contributed by atoms with Crippen molar-refractivity contribution in [1.82, 2.24) is 15.0 Å². The molecule has 1 aromatic heterocycles. The van der Waals surface area contributed by atoms with E-state index in [9.17, 15) is 9.90 Å². The van der Waals surface area contributed by atoms with Gasteiger partial charge in [-0.25, -0.2) is 0 Å². The van der Waals surface area contributed by atoms with Crippen LogP contribution in [0.25, 0.3) is 0 Å². The molecule has 0 bridgehead atoms. The average molecular weight is 392 g/mol. The van der Waals surface area contributed by atoms with E-state index in [1.54, 1.807) is 21.3 Å². The fourth-order valence-electron chi connectivity index (χ4n) is 2.96. The maximum atomic E-state index is 12.3. The highest BCUT2D eigenvalue weighted by atomic mass is 32.1. The van der Waals surface area contributed by atoms with Crippen LogP contribution < -0.4 is 25.2 Å². The zero-order valence-electron chi connectivity index (χ0n) is 15.3. The molecule has 9 nitrogen and oxygen atoms in total. The van der Waals surface area contributed by atoms with Crippen molar-refractivity contribution in [3.05, 3.63) is 38.4 Å². The third-order valence-corrected chi connectivity index (χ3v) is 4.80. The molecule has 1 aliphatic heterocycles. The molecule has 2 heterocycles. The van der Waals surface area contributed by atoms with Crippen LogP contribution in [0.2, 0.25) is 0 Å². The van der Waals surface area contributed by atoms with E-state index >= 15 is 0 Å². The third-order valence-electron chi connectivity index (χ3n) is 4.42. The number of hydrogen-bond donors (Lipinski definition) is 3. The number of aromatic nitrogens is 2. The molecule has 0 saturated carbocycles. The zero-order chi connectivity index (χ0) is 19.7. The lowest BCUT2D eigenvalue weighted by Crippen LogP contribution is -2.21. The van der Waals surface area contributed by atoms with Crippen LogP contribution in [0.4, 0.5) is 0 Å². The second-order valence-electron chi connectivity index (χ2n) is 5.92. The fraction of sp³-hybridized carbons (Fsp3) is 0.353. The molecule has 0 saturated heterocycles. The van der Waals surface area contributed by atoms with E-state index < -0.39 is 5.56 Å². The minimum Gasteiger partial charge on any atom is -0.494 e. The number of rotatable bonds is 5. The van der Waals surface area contributed by atoms with Gasteiger partial charge in [0.15, 0.2) is 16.3 Å². The van der Waals surface area contributed by atoms with Gasteiger partial charge >= 0.3 is 0 Å². The lowest BCUT2D eigenvalue weighted by Gasteiger charge is -2.17. The molecule has 0 fully saturated rings. The zero-order valence-corrected chi connectivity index (χ0v) is 16.1. The Hall–Kier alpha value is -3.01. The van der Waals surface area contributed by atoms with Crippen molar-refractivity contribution in [2.75, 3.05) is 21.3 Å². The van der Waals surface area contributed by atoms with Crippen molar-refractivity contribution in [2.24, 2.45) is 12.1 Å². The molecule has 0 aliphatic carbocycles. The summed E-state index contributed by atoms with van der Waals surface area (Å²) in [6.45, 7) is 0. The first-order valence-corrected chi connectivity index (χ1v) is 8.46. The molecular formula is C17H20N4O5S. The van der Waals surface area contributed by atoms with E-state index in [-0.39, 0.29) is 22.3 Å². The highest BCUT2D eigenvalue weighted by molar-refractivity contribution is 7.71. The highest BCUT2D eigenvalue weighted by Gasteiger charge is 2.28. The first-order chi connectivity index (χ1) is 12.9. The van der Waals surface area contributed by atoms with Crippen LogP contribution in [0, 0.1) is 4.77 Å². The van der Waals surface area contributed by atoms with E-state index in [0.717, 1.165) is 5.56 Å². The third kappa shape index (κ3) is 3.23. The Balaban J connectivity index is 1.96. The Bertz CT molecular complexity index is 1000. The van der Waals surface area contributed by atoms with Gasteiger partial charge in [0.1, 0.15) is 5.56 Å². The Morgan fingerprint density at radius 2 is 1.85 bits per heavy atom. The number of hydrogen-bond acceptors (Lipinski definition) is 8. The van der Waals surface area contributed by atoms with Crippen molar-refractivity contribution in [3.63, 3.8) is 0 Å². The van der Waals surface area contributed by atoms with Crippen molar-refractivity contribution in [2.45, 2.75) is 12.5 Å². The molecule has 1 atom stereocenters. The standard InChI is InChI=1S/C17H20N4O5S/c1-21-16(23)13(15(22)18-17(21)27)10-7-9(19-20-10)8-5-11(24-2)14(26-4)12(6-8)25-3/h5-6,9,19,23H,7H2,1-4H3,(H,18,22,27)/t9-/m0/s1. The smallest absolute Gasteiger partial charge is 0.264 e. The second-order valence-corrected chi connectivity index (χ2v) is 6.31. The largest absolute Gasteiger partial charge is 0.494 e. The van der Waals surface area contributed by atoms with Gasteiger partial charge in [0.2, 0.25) is 11.6 Å². The van der Waals surface area contributed by atoms with Crippen LogP contribution in [0.1, 0.15) is 23.6 Å². The SMILES string of the molecule is COc1cc([C@@H]2CC(c3c(O)n(C)c(=S)[nH]c3=O)=NN2)cc(OC)c1OC. The Morgan fingerprint density at radius 1 is 1.22 bits per heavy atom. The summed E-state index contributed by atoms with van der Waals surface area (Å²) in [5, 5.41) is 14.6. The molecule has 10 heteroatoms. The predicted molar refractivity (Wildman–Crippen MR) is 102 cm³/mol. The van der Waals surface area contributed by atoms with E-state index in [4.69, 9.17) is 26.4 Å². The second kappa shape index (κ2) is 7.31. The minimum atomic E-state index is -0.485. The molecule has 1 aliphatic rings. The number of methoxy groups -OCH3 is 3. The van der Waals surface area contributed by atoms with Crippen molar-refractivity contribution in [1.29, 1.82) is 0 Å². The maximum Gasteiger partial charge on any atom is 0.264 e. The van der Waals surface area contributed by atoms with Crippen LogP contribution in [0.3, 0.4) is 0 Å². The van der Waals surface area contributed by atoms with Crippen LogP contribution in [-0.4, -0.2) is 41.7 Å². The average Bonchev–Trinajstić information content (AvgIpc) is 3.14. The fourth-order valence-corrected chi connectivity index (χ4v) is 3.14. The number of hydrazone groups is 1. The van der Waals surface area contributed by atoms with E-state index in [1.807, 2.05) is 12.1 Å². The summed E-state index contributed by atoms with van der Waals surface area (Å²) in [5.74, 6) is 1.30. The molecule has 3 N–H and O–H groups in total. The van der Waals surface area contributed by atoms with Gasteiger partial charge in [-0.2, -0.15) is 5.10 Å². The van der Waals surface area contributed by atoms with Gasteiger partial charge in [0, 0.05) is 13.5 Å². The normalized spacial score (nSPS) is 15.9. The van der Waals surface area contributed by atoms with Gasteiger partial charge in [0.25, 0.3) is 5.56 Å². The summed E-state index contributed by atoms with van der Waals surface area (Å²) >= 11 is 4.99. The molecule has 3 rings (SSSR count). The number of nitrogens with one attached hydrogen (secondary N) is 2. The van der Waals surface area contributed by atoms with Crippen molar-refractivity contribution in [3.8, 4) is 23.1 Å². The number of aromatic hydroxyl groups is 1. The Kier molecular flexibility index (Phi) is 5.08.